The second kappa shape index (κ2) is 2.03. The van der Waals surface area contributed by atoms with E-state index in [1.54, 1.807) is 0 Å². The molecule has 3 heteroatoms. The van der Waals surface area contributed by atoms with Crippen molar-refractivity contribution in [1.82, 2.24) is 0 Å². The molecule has 42 valence electrons. The van der Waals surface area contributed by atoms with Crippen LogP contribution in [0.25, 0.3) is 0 Å². The lowest BCUT2D eigenvalue weighted by atomic mass is 10.3. The van der Waals surface area contributed by atoms with Crippen LogP contribution in [0.1, 0.15) is 13.3 Å². The summed E-state index contributed by atoms with van der Waals surface area (Å²) < 4.78 is 4.85. The number of hydrogen-bond donors (Lipinski definition) is 1. The zero-order valence-corrected chi connectivity index (χ0v) is 5.07. The molecule has 1 fully saturated rings. The molecule has 0 saturated carbocycles. The normalized spacial score (nSPS) is 32.6. The maximum absolute atomic E-state index is 5.53. The van der Waals surface area contributed by atoms with E-state index in [0.29, 0.717) is 5.44 Å². The maximum atomic E-state index is 5.53. The molecule has 2 atom stereocenters. The van der Waals surface area contributed by atoms with Gasteiger partial charge in [0.15, 0.2) is 5.44 Å². The Morgan fingerprint density at radius 2 is 2.57 bits per heavy atom. The van der Waals surface area contributed by atoms with Gasteiger partial charge >= 0.3 is 0 Å². The van der Waals surface area contributed by atoms with E-state index in [4.69, 9.17) is 9.92 Å². The van der Waals surface area contributed by atoms with Gasteiger partial charge in [-0.25, -0.2) is 0 Å². The van der Waals surface area contributed by atoms with Gasteiger partial charge in [0.05, 0.1) is 0 Å². The highest BCUT2D eigenvalue weighted by molar-refractivity contribution is 8.00. The molecule has 2 N–H and O–H groups in total. The lowest BCUT2D eigenvalue weighted by Gasteiger charge is -1.97. The van der Waals surface area contributed by atoms with Crippen LogP contribution in [0.5, 0.6) is 0 Å². The molecule has 0 spiro atoms. The Kier molecular flexibility index (Phi) is 1.57. The van der Waals surface area contributed by atoms with Crippen molar-refractivity contribution >= 4 is 12.0 Å². The van der Waals surface area contributed by atoms with Gasteiger partial charge in [0.1, 0.15) is 0 Å². The van der Waals surface area contributed by atoms with Gasteiger partial charge in [-0.05, 0) is 6.42 Å². The molecule has 0 amide bonds. The summed E-state index contributed by atoms with van der Waals surface area (Å²) in [5, 5.41) is 0. The first-order valence-electron chi connectivity index (χ1n) is 2.42. The molecule has 0 bridgehead atoms. The topological polar surface area (TPSA) is 38.5 Å². The van der Waals surface area contributed by atoms with Crippen molar-refractivity contribution in [3.8, 4) is 0 Å². The van der Waals surface area contributed by atoms with Crippen LogP contribution in [0.3, 0.4) is 0 Å². The van der Waals surface area contributed by atoms with Gasteiger partial charge in [0.2, 0.25) is 0 Å². The van der Waals surface area contributed by atoms with Gasteiger partial charge in [-0.15, -0.1) is 0 Å². The summed E-state index contributed by atoms with van der Waals surface area (Å²) in [6.45, 7) is 2.06. The van der Waals surface area contributed by atoms with Crippen LogP contribution < -0.4 is 5.73 Å². The Labute approximate surface area is 47.6 Å². The molecule has 0 aromatic carbocycles. The first kappa shape index (κ1) is 5.41. The average molecular weight is 119 g/mol. The van der Waals surface area contributed by atoms with Crippen LogP contribution in [0.4, 0.5) is 0 Å². The fourth-order valence-corrected chi connectivity index (χ4v) is 0.909. The Balaban J connectivity index is 2.10. The summed E-state index contributed by atoms with van der Waals surface area (Å²) in [6.07, 6.45) is 1.01. The largest absolute Gasteiger partial charge is 0.325 e. The highest BCUT2D eigenvalue weighted by Gasteiger charge is 2.30. The van der Waals surface area contributed by atoms with Crippen LogP contribution in [0.2, 0.25) is 0 Å². The molecule has 2 unspecified atom stereocenters. The lowest BCUT2D eigenvalue weighted by molar-refractivity contribution is 0.398. The van der Waals surface area contributed by atoms with E-state index in [9.17, 15) is 0 Å². The van der Waals surface area contributed by atoms with Crippen molar-refractivity contribution in [3.63, 3.8) is 0 Å². The predicted octanol–water partition coefficient (Wildman–Crippen LogP) is 0.728. The van der Waals surface area contributed by atoms with Gasteiger partial charge in [0, 0.05) is 18.1 Å². The molecule has 0 radical (unpaired) electrons. The molecule has 1 rings (SSSR count). The highest BCUT2D eigenvalue weighted by atomic mass is 32.2. The van der Waals surface area contributed by atoms with Crippen LogP contribution in [0, 0.1) is 0 Å². The summed E-state index contributed by atoms with van der Waals surface area (Å²) in [7, 11) is 0. The molecule has 2 nitrogen and oxygen atoms in total. The Morgan fingerprint density at radius 1 is 2.00 bits per heavy atom. The molecule has 7 heavy (non-hydrogen) atoms. The van der Waals surface area contributed by atoms with E-state index in [-0.39, 0.29) is 6.04 Å². The van der Waals surface area contributed by atoms with E-state index < -0.39 is 0 Å². The van der Waals surface area contributed by atoms with Crippen molar-refractivity contribution in [2.24, 2.45) is 5.73 Å². The smallest absolute Gasteiger partial charge is 0.158 e. The third-order valence-electron chi connectivity index (χ3n) is 1.03. The number of hydrogen-bond acceptors (Lipinski definition) is 3. The summed E-state index contributed by atoms with van der Waals surface area (Å²) >= 11 is 1.48. The molecule has 1 saturated heterocycles. The van der Waals surface area contributed by atoms with Crippen molar-refractivity contribution in [3.05, 3.63) is 0 Å². The van der Waals surface area contributed by atoms with Crippen molar-refractivity contribution in [1.29, 1.82) is 0 Å². The fraction of sp³-hybridized carbons (Fsp3) is 1.00. The second-order valence-corrected chi connectivity index (χ2v) is 2.48. The minimum atomic E-state index is 0.255. The molecule has 1 aliphatic heterocycles. The summed E-state index contributed by atoms with van der Waals surface area (Å²) in [5.74, 6) is 0. The zero-order valence-electron chi connectivity index (χ0n) is 4.26. The van der Waals surface area contributed by atoms with Crippen LogP contribution >= 0.6 is 12.0 Å². The van der Waals surface area contributed by atoms with E-state index in [1.807, 2.05) is 0 Å². The zero-order chi connectivity index (χ0) is 5.28. The van der Waals surface area contributed by atoms with Gasteiger partial charge in [-0.2, -0.15) is 0 Å². The molecule has 1 aliphatic rings. The highest BCUT2D eigenvalue weighted by Crippen LogP contribution is 2.35. The quantitative estimate of drug-likeness (QED) is 0.430. The molecule has 0 aliphatic carbocycles. The van der Waals surface area contributed by atoms with E-state index in [2.05, 4.69) is 6.92 Å². The van der Waals surface area contributed by atoms with E-state index >= 15 is 0 Å². The molecule has 0 aromatic heterocycles. The molecular formula is C4H9NOS. The molecule has 1 heterocycles. The van der Waals surface area contributed by atoms with Crippen LogP contribution in [-0.2, 0) is 4.18 Å². The number of nitrogens with two attached hydrogens (primary N) is 1. The SMILES string of the molecule is CCC(N)C1OS1. The Bertz CT molecular complexity index is 64.7. The fourth-order valence-electron chi connectivity index (χ4n) is 0.367. The number of rotatable bonds is 2. The van der Waals surface area contributed by atoms with Gasteiger partial charge < -0.3 is 5.73 Å². The summed E-state index contributed by atoms with van der Waals surface area (Å²) in [5.41, 5.74) is 5.84. The van der Waals surface area contributed by atoms with E-state index in [1.165, 1.54) is 12.0 Å². The third kappa shape index (κ3) is 1.33. The summed E-state index contributed by atoms with van der Waals surface area (Å²) in [6, 6.07) is 0.255. The average Bonchev–Trinajstić information content (AvgIpc) is 2.44. The minimum absolute atomic E-state index is 0.255. The van der Waals surface area contributed by atoms with Gasteiger partial charge in [0.25, 0.3) is 0 Å². The van der Waals surface area contributed by atoms with Crippen LogP contribution in [-0.4, -0.2) is 11.5 Å². The minimum Gasteiger partial charge on any atom is -0.325 e. The van der Waals surface area contributed by atoms with Crippen molar-refractivity contribution in [2.75, 3.05) is 0 Å². The Morgan fingerprint density at radius 3 is 2.71 bits per heavy atom. The van der Waals surface area contributed by atoms with E-state index in [0.717, 1.165) is 6.42 Å². The van der Waals surface area contributed by atoms with Crippen LogP contribution in [0.15, 0.2) is 0 Å². The van der Waals surface area contributed by atoms with Crippen molar-refractivity contribution in [2.45, 2.75) is 24.8 Å². The van der Waals surface area contributed by atoms with Gasteiger partial charge in [-0.3, -0.25) is 4.18 Å². The van der Waals surface area contributed by atoms with Gasteiger partial charge in [-0.1, -0.05) is 6.92 Å². The third-order valence-corrected chi connectivity index (χ3v) is 1.79. The second-order valence-electron chi connectivity index (χ2n) is 1.63. The summed E-state index contributed by atoms with van der Waals surface area (Å²) in [4.78, 5) is 0. The molecule has 0 aromatic rings. The predicted molar refractivity (Wildman–Crippen MR) is 30.7 cm³/mol. The monoisotopic (exact) mass is 119 g/mol. The lowest BCUT2D eigenvalue weighted by Crippen LogP contribution is -2.23. The first-order chi connectivity index (χ1) is 3.34. The standard InChI is InChI=1S/C4H9NOS/c1-2-3(5)4-6-7-4/h3-4H,2,5H2,1H3. The first-order valence-corrected chi connectivity index (χ1v) is 3.22. The molecular weight excluding hydrogens is 110 g/mol. The maximum Gasteiger partial charge on any atom is 0.158 e. The van der Waals surface area contributed by atoms with Crippen molar-refractivity contribution < 1.29 is 4.18 Å². The Hall–Kier alpha value is 0.270.